The van der Waals surface area contributed by atoms with Crippen LogP contribution in [0.1, 0.15) is 11.1 Å². The molecule has 0 aromatic heterocycles. The van der Waals surface area contributed by atoms with E-state index in [1.165, 1.54) is 11.3 Å². The van der Waals surface area contributed by atoms with Gasteiger partial charge in [0.25, 0.3) is 0 Å². The molecule has 0 amide bonds. The van der Waals surface area contributed by atoms with Crippen LogP contribution in [0.2, 0.25) is 0 Å². The Balaban J connectivity index is 3.13. The highest BCUT2D eigenvalue weighted by molar-refractivity contribution is 7.80. The summed E-state index contributed by atoms with van der Waals surface area (Å²) < 4.78 is 0. The number of benzene rings is 1. The van der Waals surface area contributed by atoms with Crippen LogP contribution in [0.15, 0.2) is 18.2 Å². The van der Waals surface area contributed by atoms with Gasteiger partial charge in [-0.2, -0.15) is 0 Å². The van der Waals surface area contributed by atoms with E-state index in [1.54, 1.807) is 0 Å². The third kappa shape index (κ3) is 2.18. The van der Waals surface area contributed by atoms with E-state index in [9.17, 15) is 0 Å². The fraction of sp³-hybridized carbons (Fsp3) is 0.300. The summed E-state index contributed by atoms with van der Waals surface area (Å²) in [5.41, 5.74) is 8.84. The van der Waals surface area contributed by atoms with Crippen LogP contribution >= 0.6 is 12.2 Å². The topological polar surface area (TPSA) is 29.3 Å². The molecule has 13 heavy (non-hydrogen) atoms. The molecule has 0 atom stereocenters. The van der Waals surface area contributed by atoms with Crippen molar-refractivity contribution < 1.29 is 0 Å². The van der Waals surface area contributed by atoms with E-state index in [1.807, 2.05) is 32.3 Å². The highest BCUT2D eigenvalue weighted by atomic mass is 32.1. The monoisotopic (exact) mass is 194 g/mol. The highest BCUT2D eigenvalue weighted by Gasteiger charge is 2.02. The zero-order valence-corrected chi connectivity index (χ0v) is 8.98. The Bertz CT molecular complexity index is 332. The number of rotatable bonds is 2. The lowest BCUT2D eigenvalue weighted by atomic mass is 10.1. The number of aryl methyl sites for hydroxylation is 1. The molecule has 2 N–H and O–H groups in total. The summed E-state index contributed by atoms with van der Waals surface area (Å²) in [6.45, 7) is 2.05. The lowest BCUT2D eigenvalue weighted by molar-refractivity contribution is 1.11. The van der Waals surface area contributed by atoms with E-state index < -0.39 is 0 Å². The van der Waals surface area contributed by atoms with Crippen molar-refractivity contribution in [3.05, 3.63) is 29.3 Å². The summed E-state index contributed by atoms with van der Waals surface area (Å²) in [4.78, 5) is 2.52. The van der Waals surface area contributed by atoms with Gasteiger partial charge in [-0.3, -0.25) is 0 Å². The van der Waals surface area contributed by atoms with Crippen LogP contribution in [-0.2, 0) is 0 Å². The molecule has 0 aliphatic heterocycles. The first kappa shape index (κ1) is 9.99. The molecular formula is C10H14N2S. The maximum Gasteiger partial charge on any atom is 0.103 e. The second-order valence-electron chi connectivity index (χ2n) is 3.26. The van der Waals surface area contributed by atoms with Gasteiger partial charge in [-0.25, -0.2) is 0 Å². The molecule has 70 valence electrons. The summed E-state index contributed by atoms with van der Waals surface area (Å²) in [6.07, 6.45) is 0. The standard InChI is InChI=1S/C10H14N2S/c1-7-6-8(10(11)13)4-5-9(7)12(2)3/h4-6H,1-3H3,(H2,11,13). The van der Waals surface area contributed by atoms with Crippen molar-refractivity contribution >= 4 is 22.9 Å². The van der Waals surface area contributed by atoms with Crippen molar-refractivity contribution in [3.8, 4) is 0 Å². The van der Waals surface area contributed by atoms with Crippen molar-refractivity contribution in [1.82, 2.24) is 0 Å². The quantitative estimate of drug-likeness (QED) is 0.727. The number of hydrogen-bond donors (Lipinski definition) is 1. The zero-order chi connectivity index (χ0) is 10.0. The van der Waals surface area contributed by atoms with Crippen LogP contribution in [0.25, 0.3) is 0 Å². The Morgan fingerprint density at radius 1 is 1.38 bits per heavy atom. The van der Waals surface area contributed by atoms with Crippen molar-refractivity contribution in [2.45, 2.75) is 6.92 Å². The number of anilines is 1. The van der Waals surface area contributed by atoms with Gasteiger partial charge < -0.3 is 10.6 Å². The number of thiocarbonyl (C=S) groups is 1. The summed E-state index contributed by atoms with van der Waals surface area (Å²) in [5, 5.41) is 0. The van der Waals surface area contributed by atoms with E-state index in [2.05, 4.69) is 11.8 Å². The lowest BCUT2D eigenvalue weighted by Gasteiger charge is -2.16. The molecule has 0 bridgehead atoms. The molecule has 0 fully saturated rings. The molecule has 0 aliphatic rings. The lowest BCUT2D eigenvalue weighted by Crippen LogP contribution is -2.13. The molecule has 1 aromatic carbocycles. The summed E-state index contributed by atoms with van der Waals surface area (Å²) in [5.74, 6) is 0. The largest absolute Gasteiger partial charge is 0.389 e. The first-order valence-electron chi connectivity index (χ1n) is 4.10. The van der Waals surface area contributed by atoms with E-state index in [-0.39, 0.29) is 0 Å². The minimum atomic E-state index is 0.452. The normalized spacial score (nSPS) is 9.77. The summed E-state index contributed by atoms with van der Waals surface area (Å²) >= 11 is 4.89. The molecule has 0 radical (unpaired) electrons. The molecule has 3 heteroatoms. The van der Waals surface area contributed by atoms with Crippen LogP contribution in [0, 0.1) is 6.92 Å². The Morgan fingerprint density at radius 3 is 2.38 bits per heavy atom. The maximum absolute atomic E-state index is 5.53. The SMILES string of the molecule is Cc1cc(C(N)=S)ccc1N(C)C. The van der Waals surface area contributed by atoms with Crippen molar-refractivity contribution in [1.29, 1.82) is 0 Å². The van der Waals surface area contributed by atoms with E-state index in [4.69, 9.17) is 18.0 Å². The summed E-state index contributed by atoms with van der Waals surface area (Å²) in [6, 6.07) is 5.99. The minimum absolute atomic E-state index is 0.452. The Hall–Kier alpha value is -1.09. The smallest absolute Gasteiger partial charge is 0.103 e. The second-order valence-corrected chi connectivity index (χ2v) is 3.70. The average Bonchev–Trinajstić information content (AvgIpc) is 2.03. The second kappa shape index (κ2) is 3.75. The van der Waals surface area contributed by atoms with Crippen LogP contribution in [-0.4, -0.2) is 19.1 Å². The molecule has 0 saturated carbocycles. The molecule has 1 aromatic rings. The van der Waals surface area contributed by atoms with Gasteiger partial charge in [0.1, 0.15) is 4.99 Å². The third-order valence-corrected chi connectivity index (χ3v) is 2.20. The molecule has 0 unspecified atom stereocenters. The first-order chi connectivity index (χ1) is 6.02. The van der Waals surface area contributed by atoms with Gasteiger partial charge in [-0.1, -0.05) is 12.2 Å². The van der Waals surface area contributed by atoms with Crippen molar-refractivity contribution in [2.75, 3.05) is 19.0 Å². The Kier molecular flexibility index (Phi) is 2.88. The van der Waals surface area contributed by atoms with Crippen LogP contribution in [0.3, 0.4) is 0 Å². The molecule has 1 rings (SSSR count). The number of nitrogens with two attached hydrogens (primary N) is 1. The van der Waals surface area contributed by atoms with Gasteiger partial charge >= 0.3 is 0 Å². The van der Waals surface area contributed by atoms with Crippen LogP contribution in [0.5, 0.6) is 0 Å². The molecule has 0 heterocycles. The van der Waals surface area contributed by atoms with Gasteiger partial charge in [0.05, 0.1) is 0 Å². The van der Waals surface area contributed by atoms with E-state index in [0.717, 1.165) is 5.56 Å². The third-order valence-electron chi connectivity index (χ3n) is 1.96. The molecule has 0 saturated heterocycles. The van der Waals surface area contributed by atoms with Gasteiger partial charge in [-0.05, 0) is 30.7 Å². The van der Waals surface area contributed by atoms with Crippen molar-refractivity contribution in [2.24, 2.45) is 5.73 Å². The fourth-order valence-electron chi connectivity index (χ4n) is 1.31. The van der Waals surface area contributed by atoms with E-state index in [0.29, 0.717) is 4.99 Å². The van der Waals surface area contributed by atoms with Gasteiger partial charge in [0.15, 0.2) is 0 Å². The van der Waals surface area contributed by atoms with Gasteiger partial charge in [-0.15, -0.1) is 0 Å². The minimum Gasteiger partial charge on any atom is -0.389 e. The Morgan fingerprint density at radius 2 is 2.00 bits per heavy atom. The molecular weight excluding hydrogens is 180 g/mol. The summed E-state index contributed by atoms with van der Waals surface area (Å²) in [7, 11) is 4.03. The van der Waals surface area contributed by atoms with Crippen molar-refractivity contribution in [3.63, 3.8) is 0 Å². The molecule has 0 aliphatic carbocycles. The highest BCUT2D eigenvalue weighted by Crippen LogP contribution is 2.18. The van der Waals surface area contributed by atoms with Crippen LogP contribution in [0.4, 0.5) is 5.69 Å². The molecule has 2 nitrogen and oxygen atoms in total. The van der Waals surface area contributed by atoms with E-state index >= 15 is 0 Å². The first-order valence-corrected chi connectivity index (χ1v) is 4.51. The average molecular weight is 194 g/mol. The van der Waals surface area contributed by atoms with Gasteiger partial charge in [0.2, 0.25) is 0 Å². The predicted molar refractivity (Wildman–Crippen MR) is 61.4 cm³/mol. The predicted octanol–water partition coefficient (Wildman–Crippen LogP) is 1.70. The maximum atomic E-state index is 5.53. The zero-order valence-electron chi connectivity index (χ0n) is 8.16. The Labute approximate surface area is 84.3 Å². The van der Waals surface area contributed by atoms with Gasteiger partial charge in [0, 0.05) is 25.3 Å². The van der Waals surface area contributed by atoms with Crippen LogP contribution < -0.4 is 10.6 Å². The number of hydrogen-bond acceptors (Lipinski definition) is 2. The fourth-order valence-corrected chi connectivity index (χ4v) is 1.44. The molecule has 0 spiro atoms. The number of nitrogens with zero attached hydrogens (tertiary/aromatic N) is 1.